The van der Waals surface area contributed by atoms with Crippen LogP contribution in [0.2, 0.25) is 0 Å². The Labute approximate surface area is 126 Å². The average Bonchev–Trinajstić information content (AvgIpc) is 2.46. The van der Waals surface area contributed by atoms with E-state index in [1.807, 2.05) is 26.0 Å². The normalized spacial score (nSPS) is 12.0. The van der Waals surface area contributed by atoms with Gasteiger partial charge in [0, 0.05) is 12.7 Å². The molecule has 0 aliphatic rings. The minimum Gasteiger partial charge on any atom is -0.382 e. The summed E-state index contributed by atoms with van der Waals surface area (Å²) in [6.45, 7) is 9.19. The molecule has 1 N–H and O–H groups in total. The lowest BCUT2D eigenvalue weighted by Gasteiger charge is -2.27. The molecule has 0 saturated carbocycles. The molecule has 0 amide bonds. The van der Waals surface area contributed by atoms with Crippen LogP contribution in [0.4, 0.5) is 0 Å². The van der Waals surface area contributed by atoms with Gasteiger partial charge in [-0.3, -0.25) is 0 Å². The van der Waals surface area contributed by atoms with E-state index in [2.05, 4.69) is 18.7 Å². The van der Waals surface area contributed by atoms with Gasteiger partial charge >= 0.3 is 0 Å². The second-order valence-electron chi connectivity index (χ2n) is 5.68. The smallest absolute Gasteiger partial charge is 0.171 e. The topological polar surface area (TPSA) is 57.2 Å². The molecule has 0 aromatic heterocycles. The van der Waals surface area contributed by atoms with Crippen LogP contribution >= 0.6 is 0 Å². The number of benzene rings is 1. The molecule has 5 nitrogen and oxygen atoms in total. The molecule has 120 valence electrons. The fourth-order valence-electron chi connectivity index (χ4n) is 1.92. The van der Waals surface area contributed by atoms with Gasteiger partial charge in [-0.05, 0) is 37.5 Å². The van der Waals surface area contributed by atoms with E-state index in [-0.39, 0.29) is 6.79 Å². The van der Waals surface area contributed by atoms with E-state index < -0.39 is 5.60 Å². The van der Waals surface area contributed by atoms with Gasteiger partial charge in [-0.1, -0.05) is 19.9 Å². The Bertz CT molecular complexity index is 429. The maximum atomic E-state index is 9.05. The molecule has 21 heavy (non-hydrogen) atoms. The van der Waals surface area contributed by atoms with Gasteiger partial charge in [0.2, 0.25) is 0 Å². The van der Waals surface area contributed by atoms with Crippen LogP contribution < -0.4 is 4.89 Å². The largest absolute Gasteiger partial charge is 0.382 e. The molecule has 1 rings (SSSR count). The Kier molecular flexibility index (Phi) is 7.11. The van der Waals surface area contributed by atoms with Crippen molar-refractivity contribution in [3.8, 4) is 5.75 Å². The van der Waals surface area contributed by atoms with E-state index in [0.717, 1.165) is 11.1 Å². The summed E-state index contributed by atoms with van der Waals surface area (Å²) in [7, 11) is 1.62. The Morgan fingerprint density at radius 2 is 1.90 bits per heavy atom. The van der Waals surface area contributed by atoms with Crippen molar-refractivity contribution in [2.45, 2.75) is 39.2 Å². The van der Waals surface area contributed by atoms with Crippen LogP contribution in [0.3, 0.4) is 0 Å². The number of hydrogen-bond donors (Lipinski definition) is 1. The first-order valence-electron chi connectivity index (χ1n) is 7.09. The molecule has 0 radical (unpaired) electrons. The lowest BCUT2D eigenvalue weighted by atomic mass is 9.92. The number of rotatable bonds is 9. The van der Waals surface area contributed by atoms with Crippen molar-refractivity contribution in [3.63, 3.8) is 0 Å². The minimum atomic E-state index is -0.643. The monoisotopic (exact) mass is 298 g/mol. The third-order valence-corrected chi connectivity index (χ3v) is 3.35. The molecule has 0 fully saturated rings. The highest BCUT2D eigenvalue weighted by atomic mass is 17.1. The van der Waals surface area contributed by atoms with Crippen molar-refractivity contribution in [2.24, 2.45) is 0 Å². The van der Waals surface area contributed by atoms with Gasteiger partial charge in [0.25, 0.3) is 0 Å². The summed E-state index contributed by atoms with van der Waals surface area (Å²) in [5.74, 6) is 0.770. The molecule has 0 atom stereocenters. The van der Waals surface area contributed by atoms with Crippen molar-refractivity contribution in [1.82, 2.24) is 0 Å². The highest BCUT2D eigenvalue weighted by molar-refractivity contribution is 5.41. The molecular weight excluding hydrogens is 272 g/mol. The SMILES string of the molecule is COCCOCOC(C)(C)c1cc(C(C)C)ccc1OO. The quantitative estimate of drug-likeness (QED) is 0.327. The van der Waals surface area contributed by atoms with Crippen molar-refractivity contribution in [3.05, 3.63) is 29.3 Å². The van der Waals surface area contributed by atoms with Crippen molar-refractivity contribution < 1.29 is 24.4 Å². The van der Waals surface area contributed by atoms with Crippen LogP contribution in [0.15, 0.2) is 18.2 Å². The Morgan fingerprint density at radius 3 is 2.48 bits per heavy atom. The van der Waals surface area contributed by atoms with Gasteiger partial charge in [0.15, 0.2) is 5.75 Å². The number of hydrogen-bond acceptors (Lipinski definition) is 5. The van der Waals surface area contributed by atoms with Gasteiger partial charge in [-0.15, -0.1) is 0 Å². The van der Waals surface area contributed by atoms with Gasteiger partial charge in [0.05, 0.1) is 18.8 Å². The standard InChI is InChI=1S/C16H26O5/c1-12(2)13-6-7-15(21-17)14(10-13)16(3,4)20-11-19-9-8-18-5/h6-7,10,12,17H,8-9,11H2,1-5H3. The van der Waals surface area contributed by atoms with E-state index in [0.29, 0.717) is 24.9 Å². The molecule has 0 aliphatic carbocycles. The van der Waals surface area contributed by atoms with Crippen LogP contribution in [0.5, 0.6) is 5.75 Å². The molecule has 0 aliphatic heterocycles. The third kappa shape index (κ3) is 5.28. The van der Waals surface area contributed by atoms with Gasteiger partial charge in [0.1, 0.15) is 6.79 Å². The van der Waals surface area contributed by atoms with E-state index in [4.69, 9.17) is 19.5 Å². The zero-order chi connectivity index (χ0) is 15.9. The van der Waals surface area contributed by atoms with Crippen LogP contribution in [0, 0.1) is 0 Å². The zero-order valence-electron chi connectivity index (χ0n) is 13.5. The second-order valence-corrected chi connectivity index (χ2v) is 5.68. The van der Waals surface area contributed by atoms with E-state index >= 15 is 0 Å². The molecule has 0 spiro atoms. The molecular formula is C16H26O5. The molecule has 0 unspecified atom stereocenters. The Hall–Kier alpha value is -1.14. The fourth-order valence-corrected chi connectivity index (χ4v) is 1.92. The molecule has 0 saturated heterocycles. The predicted molar refractivity (Wildman–Crippen MR) is 80.6 cm³/mol. The Balaban J connectivity index is 2.81. The lowest BCUT2D eigenvalue weighted by Crippen LogP contribution is -2.24. The predicted octanol–water partition coefficient (Wildman–Crippen LogP) is 3.53. The van der Waals surface area contributed by atoms with E-state index in [9.17, 15) is 0 Å². The lowest BCUT2D eigenvalue weighted by molar-refractivity contribution is -0.153. The summed E-state index contributed by atoms with van der Waals surface area (Å²) in [6.07, 6.45) is 0. The summed E-state index contributed by atoms with van der Waals surface area (Å²) in [6, 6.07) is 5.68. The van der Waals surface area contributed by atoms with Gasteiger partial charge in [-0.2, -0.15) is 0 Å². The molecule has 0 bridgehead atoms. The minimum absolute atomic E-state index is 0.146. The highest BCUT2D eigenvalue weighted by Gasteiger charge is 2.26. The van der Waals surface area contributed by atoms with Crippen LogP contribution in [0.1, 0.15) is 44.7 Å². The van der Waals surface area contributed by atoms with E-state index in [1.54, 1.807) is 13.2 Å². The summed E-state index contributed by atoms with van der Waals surface area (Å²) < 4.78 is 16.0. The molecule has 1 aromatic carbocycles. The maximum Gasteiger partial charge on any atom is 0.171 e. The highest BCUT2D eigenvalue weighted by Crippen LogP contribution is 2.34. The van der Waals surface area contributed by atoms with Crippen LogP contribution in [-0.2, 0) is 19.8 Å². The van der Waals surface area contributed by atoms with Crippen LogP contribution in [0.25, 0.3) is 0 Å². The van der Waals surface area contributed by atoms with Crippen molar-refractivity contribution in [2.75, 3.05) is 27.1 Å². The summed E-state index contributed by atoms with van der Waals surface area (Å²) in [4.78, 5) is 4.47. The zero-order valence-corrected chi connectivity index (χ0v) is 13.5. The molecule has 5 heteroatoms. The number of ether oxygens (including phenoxy) is 3. The molecule has 1 aromatic rings. The van der Waals surface area contributed by atoms with Crippen molar-refractivity contribution in [1.29, 1.82) is 0 Å². The fraction of sp³-hybridized carbons (Fsp3) is 0.625. The Morgan fingerprint density at radius 1 is 1.19 bits per heavy atom. The average molecular weight is 298 g/mol. The maximum absolute atomic E-state index is 9.05. The summed E-state index contributed by atoms with van der Waals surface area (Å²) in [5.41, 5.74) is 1.30. The second kappa shape index (κ2) is 8.34. The van der Waals surface area contributed by atoms with Crippen molar-refractivity contribution >= 4 is 0 Å². The first kappa shape index (κ1) is 17.9. The third-order valence-electron chi connectivity index (χ3n) is 3.35. The van der Waals surface area contributed by atoms with Crippen LogP contribution in [-0.4, -0.2) is 32.4 Å². The summed E-state index contributed by atoms with van der Waals surface area (Å²) >= 11 is 0. The van der Waals surface area contributed by atoms with E-state index in [1.165, 1.54) is 0 Å². The van der Waals surface area contributed by atoms with Gasteiger partial charge < -0.3 is 19.1 Å². The summed E-state index contributed by atoms with van der Waals surface area (Å²) in [5, 5.41) is 9.05. The first-order valence-corrected chi connectivity index (χ1v) is 7.09. The number of methoxy groups -OCH3 is 1. The first-order chi connectivity index (χ1) is 9.92. The molecule has 0 heterocycles. The van der Waals surface area contributed by atoms with Gasteiger partial charge in [-0.25, -0.2) is 5.26 Å².